The summed E-state index contributed by atoms with van der Waals surface area (Å²) < 4.78 is 1.46. The third-order valence-electron chi connectivity index (χ3n) is 11.2. The lowest BCUT2D eigenvalue weighted by atomic mass is 10.0. The van der Waals surface area contributed by atoms with Gasteiger partial charge in [-0.3, -0.25) is 0 Å². The van der Waals surface area contributed by atoms with Gasteiger partial charge in [0.1, 0.15) is 0 Å². The fourth-order valence-electron chi connectivity index (χ4n) is 8.01. The third-order valence-corrected chi connectivity index (χ3v) is 11.2. The van der Waals surface area contributed by atoms with Gasteiger partial charge in [0.2, 0.25) is 0 Å². The Kier molecular flexibility index (Phi) is 47.5. The van der Waals surface area contributed by atoms with E-state index in [2.05, 4.69) is 39.9 Å². The Labute approximate surface area is 317 Å². The minimum atomic E-state index is 1.33. The van der Waals surface area contributed by atoms with E-state index in [1.807, 2.05) is 0 Å². The van der Waals surface area contributed by atoms with Crippen LogP contribution in [0.5, 0.6) is 0 Å². The van der Waals surface area contributed by atoms with Crippen LogP contribution in [0.2, 0.25) is 0 Å². The predicted molar refractivity (Wildman–Crippen MR) is 229 cm³/mol. The van der Waals surface area contributed by atoms with Crippen molar-refractivity contribution < 1.29 is 4.48 Å². The van der Waals surface area contributed by atoms with Crippen LogP contribution in [0.1, 0.15) is 265 Å². The number of nitrogens with zero attached hydrogens (tertiary/aromatic N) is 2. The fraction of sp³-hybridized carbons (Fsp3) is 0.978. The lowest BCUT2D eigenvalue weighted by Gasteiger charge is -2.39. The molecular weight excluding hydrogens is 613 g/mol. The van der Waals surface area contributed by atoms with E-state index in [-0.39, 0.29) is 0 Å². The molecule has 0 aliphatic carbocycles. The maximum Gasteiger partial charge on any atom is 0.0786 e. The zero-order valence-corrected chi connectivity index (χ0v) is 35.6. The second kappa shape index (κ2) is 45.8. The van der Waals surface area contributed by atoms with Gasteiger partial charge in [0, 0.05) is 0 Å². The maximum atomic E-state index is 7.13. The molecule has 0 aliphatic heterocycles. The van der Waals surface area contributed by atoms with E-state index in [1.165, 1.54) is 273 Å². The first kappa shape index (κ1) is 50.9. The lowest BCUT2D eigenvalue weighted by molar-refractivity contribution is -0.929. The molecule has 0 N–H and O–H groups in total. The molecule has 2 nitrogen and oxygen atoms in total. The SMILES string of the molecule is CCCCCCCCCCCCCC[N+](CCC)(CCCCCCCCCCCCCC)CCCCCCCCCCCCCC.[N-]=C=S. The molecule has 0 aromatic carbocycles. The number of isothiocyanates is 1. The monoisotopic (exact) mass is 707 g/mol. The smallest absolute Gasteiger partial charge is 0.0786 e. The number of unbranched alkanes of at least 4 members (excludes halogenated alkanes) is 33. The van der Waals surface area contributed by atoms with Crippen LogP contribution in [0.4, 0.5) is 0 Å². The van der Waals surface area contributed by atoms with Crippen LogP contribution < -0.4 is 0 Å². The highest BCUT2D eigenvalue weighted by Crippen LogP contribution is 2.20. The van der Waals surface area contributed by atoms with Crippen molar-refractivity contribution in [2.75, 3.05) is 26.2 Å². The first-order chi connectivity index (χ1) is 24.2. The largest absolute Gasteiger partial charge is 0.753 e. The van der Waals surface area contributed by atoms with Gasteiger partial charge in [-0.15, -0.1) is 0 Å². The maximum absolute atomic E-state index is 7.13. The zero-order chi connectivity index (χ0) is 36.2. The Morgan fingerprint density at radius 3 is 0.612 bits per heavy atom. The van der Waals surface area contributed by atoms with Gasteiger partial charge in [-0.05, 0) is 44.9 Å². The van der Waals surface area contributed by atoms with Crippen LogP contribution >= 0.6 is 12.2 Å². The van der Waals surface area contributed by atoms with Crippen molar-refractivity contribution in [2.45, 2.75) is 265 Å². The van der Waals surface area contributed by atoms with Gasteiger partial charge in [-0.1, -0.05) is 233 Å². The van der Waals surface area contributed by atoms with Crippen LogP contribution in [-0.2, 0) is 0 Å². The number of hydrogen-bond donors (Lipinski definition) is 0. The minimum Gasteiger partial charge on any atom is -0.753 e. The average molecular weight is 707 g/mol. The Bertz CT molecular complexity index is 545. The molecule has 0 aromatic heterocycles. The molecule has 0 saturated heterocycles. The molecule has 0 heterocycles. The van der Waals surface area contributed by atoms with Crippen LogP contribution in [0.25, 0.3) is 5.41 Å². The molecule has 49 heavy (non-hydrogen) atoms. The summed E-state index contributed by atoms with van der Waals surface area (Å²) in [5.41, 5.74) is 0. The van der Waals surface area contributed by atoms with Gasteiger partial charge in [-0.2, -0.15) is 5.16 Å². The van der Waals surface area contributed by atoms with Crippen molar-refractivity contribution in [1.82, 2.24) is 0 Å². The molecule has 3 heteroatoms. The molecule has 0 unspecified atom stereocenters. The summed E-state index contributed by atoms with van der Waals surface area (Å²) in [6, 6.07) is 0. The van der Waals surface area contributed by atoms with Gasteiger partial charge < -0.3 is 9.89 Å². The van der Waals surface area contributed by atoms with E-state index in [0.717, 1.165) is 0 Å². The quantitative estimate of drug-likeness (QED) is 0.0268. The topological polar surface area (TPSA) is 22.3 Å². The molecule has 0 bridgehead atoms. The van der Waals surface area contributed by atoms with Crippen molar-refractivity contribution in [3.63, 3.8) is 0 Å². The summed E-state index contributed by atoms with van der Waals surface area (Å²) in [5.74, 6) is 0. The number of thiocarbonyl (C=S) groups is 1. The van der Waals surface area contributed by atoms with Crippen LogP contribution in [0.15, 0.2) is 0 Å². The van der Waals surface area contributed by atoms with E-state index >= 15 is 0 Å². The summed E-state index contributed by atoms with van der Waals surface area (Å²) in [4.78, 5) is 0. The van der Waals surface area contributed by atoms with E-state index < -0.39 is 0 Å². The van der Waals surface area contributed by atoms with Crippen LogP contribution in [0.3, 0.4) is 0 Å². The standard InChI is InChI=1S/C45H94N.CNS/c1-5-9-12-15-18-21-24-27-30-33-36-39-43-46(42-8-4,44-40-37-34-31-28-25-22-19-16-13-10-6-2)45-41-38-35-32-29-26-23-20-17-14-11-7-3;2-1-3/h5-45H2,1-4H3;/q+1;-1. The lowest BCUT2D eigenvalue weighted by Crippen LogP contribution is -2.50. The third kappa shape index (κ3) is 42.1. The van der Waals surface area contributed by atoms with Gasteiger partial charge in [0.15, 0.2) is 0 Å². The van der Waals surface area contributed by atoms with Gasteiger partial charge >= 0.3 is 0 Å². The van der Waals surface area contributed by atoms with Crippen molar-refractivity contribution >= 4 is 17.4 Å². The first-order valence-corrected chi connectivity index (χ1v) is 23.4. The molecule has 0 fully saturated rings. The Morgan fingerprint density at radius 2 is 0.449 bits per heavy atom. The second-order valence-electron chi connectivity index (χ2n) is 16.0. The highest BCUT2D eigenvalue weighted by atomic mass is 32.1. The molecule has 0 aliphatic rings. The molecule has 0 saturated carbocycles. The summed E-state index contributed by atoms with van der Waals surface area (Å²) in [7, 11) is 0. The average Bonchev–Trinajstić information content (AvgIpc) is 3.10. The normalized spacial score (nSPS) is 11.4. The molecule has 0 spiro atoms. The molecule has 0 aromatic rings. The molecule has 0 rings (SSSR count). The Hall–Kier alpha value is -0.240. The molecule has 294 valence electrons. The van der Waals surface area contributed by atoms with E-state index in [4.69, 9.17) is 5.41 Å². The van der Waals surface area contributed by atoms with E-state index in [1.54, 1.807) is 0 Å². The number of hydrogen-bond acceptors (Lipinski definition) is 1. The summed E-state index contributed by atoms with van der Waals surface area (Å²) in [6.07, 6.45) is 54.3. The summed E-state index contributed by atoms with van der Waals surface area (Å²) in [5, 5.41) is 8.47. The van der Waals surface area contributed by atoms with Gasteiger partial charge in [-0.25, -0.2) is 0 Å². The Morgan fingerprint density at radius 1 is 0.286 bits per heavy atom. The van der Waals surface area contributed by atoms with Gasteiger partial charge in [0.25, 0.3) is 0 Å². The second-order valence-corrected chi connectivity index (χ2v) is 16.2. The number of quaternary nitrogens is 1. The van der Waals surface area contributed by atoms with Crippen LogP contribution in [0, 0.1) is 0 Å². The predicted octanol–water partition coefficient (Wildman–Crippen LogP) is 17.0. The molecular formula is C46H94N2S. The van der Waals surface area contributed by atoms with E-state index in [9.17, 15) is 0 Å². The number of rotatable bonds is 41. The summed E-state index contributed by atoms with van der Waals surface area (Å²) in [6.45, 7) is 15.3. The zero-order valence-electron chi connectivity index (χ0n) is 34.8. The van der Waals surface area contributed by atoms with Gasteiger partial charge in [0.05, 0.1) is 26.2 Å². The minimum absolute atomic E-state index is 1.33. The van der Waals surface area contributed by atoms with E-state index in [0.29, 0.717) is 0 Å². The van der Waals surface area contributed by atoms with Crippen molar-refractivity contribution in [2.24, 2.45) is 0 Å². The highest BCUT2D eigenvalue weighted by molar-refractivity contribution is 7.78. The fourth-order valence-corrected chi connectivity index (χ4v) is 8.01. The van der Waals surface area contributed by atoms with Crippen LogP contribution in [-0.4, -0.2) is 35.8 Å². The van der Waals surface area contributed by atoms with Crippen molar-refractivity contribution in [3.8, 4) is 0 Å². The van der Waals surface area contributed by atoms with Crippen molar-refractivity contribution in [3.05, 3.63) is 5.41 Å². The summed E-state index contributed by atoms with van der Waals surface area (Å²) >= 11 is 3.70. The molecule has 0 radical (unpaired) electrons. The first-order valence-electron chi connectivity index (χ1n) is 23.0. The molecule has 0 amide bonds. The highest BCUT2D eigenvalue weighted by Gasteiger charge is 2.25. The molecule has 0 atom stereocenters. The van der Waals surface area contributed by atoms with Crippen molar-refractivity contribution in [1.29, 1.82) is 0 Å². The Balaban J connectivity index is 0.